The van der Waals surface area contributed by atoms with Gasteiger partial charge in [-0.1, -0.05) is 29.4 Å². The zero-order chi connectivity index (χ0) is 19.3. The molecule has 4 rings (SSSR count). The lowest BCUT2D eigenvalue weighted by Gasteiger charge is -2.32. The highest BCUT2D eigenvalue weighted by molar-refractivity contribution is 5.62. The Morgan fingerprint density at radius 3 is 2.50 bits per heavy atom. The molecule has 146 valence electrons. The molecule has 1 saturated heterocycles. The molecule has 3 aromatic rings. The second-order valence-corrected chi connectivity index (χ2v) is 6.83. The van der Waals surface area contributed by atoms with Gasteiger partial charge in [0.1, 0.15) is 6.61 Å². The normalized spacial score (nSPS) is 16.2. The number of nitrogens with zero attached hydrogens (tertiary/aromatic N) is 4. The Hall–Kier alpha value is -2.61. The fourth-order valence-corrected chi connectivity index (χ4v) is 3.36. The predicted octanol–water partition coefficient (Wildman–Crippen LogP) is 3.34. The standard InChI is InChI=1S/C21H24N4O3/c1-15(25-9-11-27-12-10-25)16-3-5-17(6-4-16)19-8-7-18(13-22-19)21-23-20(14-26-2)24-28-21/h3-8,13,15H,9-12,14H2,1-2H3/t15-/m1/s1. The van der Waals surface area contributed by atoms with E-state index in [0.717, 1.165) is 43.1 Å². The van der Waals surface area contributed by atoms with Crippen molar-refractivity contribution in [1.82, 2.24) is 20.0 Å². The van der Waals surface area contributed by atoms with Crippen LogP contribution >= 0.6 is 0 Å². The molecule has 0 spiro atoms. The Morgan fingerprint density at radius 1 is 1.07 bits per heavy atom. The van der Waals surface area contributed by atoms with Crippen LogP contribution in [0.3, 0.4) is 0 Å². The Balaban J connectivity index is 1.46. The summed E-state index contributed by atoms with van der Waals surface area (Å²) in [4.78, 5) is 11.3. The number of benzene rings is 1. The molecule has 1 aliphatic heterocycles. The minimum Gasteiger partial charge on any atom is -0.379 e. The van der Waals surface area contributed by atoms with Gasteiger partial charge >= 0.3 is 0 Å². The molecule has 0 unspecified atom stereocenters. The zero-order valence-corrected chi connectivity index (χ0v) is 16.2. The molecule has 0 bridgehead atoms. The number of rotatable bonds is 6. The summed E-state index contributed by atoms with van der Waals surface area (Å²) < 4.78 is 15.7. The Kier molecular flexibility index (Phi) is 5.76. The van der Waals surface area contributed by atoms with Crippen LogP contribution in [0.1, 0.15) is 24.4 Å². The molecule has 1 aromatic carbocycles. The first-order valence-corrected chi connectivity index (χ1v) is 9.44. The third-order valence-electron chi connectivity index (χ3n) is 5.03. The maximum Gasteiger partial charge on any atom is 0.259 e. The predicted molar refractivity (Wildman–Crippen MR) is 104 cm³/mol. The minimum absolute atomic E-state index is 0.324. The van der Waals surface area contributed by atoms with E-state index in [1.165, 1.54) is 5.56 Å². The van der Waals surface area contributed by atoms with E-state index in [4.69, 9.17) is 14.0 Å². The van der Waals surface area contributed by atoms with Crippen LogP contribution in [0, 0.1) is 0 Å². The molecule has 1 atom stereocenters. The van der Waals surface area contributed by atoms with Crippen LogP contribution in [0.2, 0.25) is 0 Å². The van der Waals surface area contributed by atoms with E-state index < -0.39 is 0 Å². The number of ether oxygens (including phenoxy) is 2. The number of aromatic nitrogens is 3. The number of morpholine rings is 1. The second kappa shape index (κ2) is 8.60. The second-order valence-electron chi connectivity index (χ2n) is 6.83. The van der Waals surface area contributed by atoms with Gasteiger partial charge in [-0.25, -0.2) is 0 Å². The van der Waals surface area contributed by atoms with Crippen LogP contribution in [0.25, 0.3) is 22.7 Å². The van der Waals surface area contributed by atoms with Gasteiger partial charge in [0.05, 0.1) is 24.5 Å². The van der Waals surface area contributed by atoms with Gasteiger partial charge in [-0.2, -0.15) is 4.98 Å². The monoisotopic (exact) mass is 380 g/mol. The largest absolute Gasteiger partial charge is 0.379 e. The molecule has 1 aliphatic rings. The van der Waals surface area contributed by atoms with Crippen molar-refractivity contribution in [3.05, 3.63) is 54.0 Å². The number of hydrogen-bond donors (Lipinski definition) is 0. The molecule has 0 aliphatic carbocycles. The molecule has 0 amide bonds. The van der Waals surface area contributed by atoms with Crippen LogP contribution in [0.15, 0.2) is 47.1 Å². The summed E-state index contributed by atoms with van der Waals surface area (Å²) in [6, 6.07) is 12.9. The van der Waals surface area contributed by atoms with E-state index in [1.807, 2.05) is 12.1 Å². The molecule has 7 heteroatoms. The molecule has 0 N–H and O–H groups in total. The van der Waals surface area contributed by atoms with Gasteiger partial charge in [-0.05, 0) is 24.6 Å². The van der Waals surface area contributed by atoms with Crippen molar-refractivity contribution in [1.29, 1.82) is 0 Å². The summed E-state index contributed by atoms with van der Waals surface area (Å²) in [6.45, 7) is 6.15. The molecule has 3 heterocycles. The Bertz CT molecular complexity index is 887. The first-order chi connectivity index (χ1) is 13.7. The van der Waals surface area contributed by atoms with E-state index in [9.17, 15) is 0 Å². The highest BCUT2D eigenvalue weighted by atomic mass is 16.5. The van der Waals surface area contributed by atoms with Crippen molar-refractivity contribution in [3.8, 4) is 22.7 Å². The molecule has 1 fully saturated rings. The number of hydrogen-bond acceptors (Lipinski definition) is 7. The van der Waals surface area contributed by atoms with Crippen molar-refractivity contribution >= 4 is 0 Å². The highest BCUT2D eigenvalue weighted by Crippen LogP contribution is 2.26. The van der Waals surface area contributed by atoms with Gasteiger partial charge < -0.3 is 14.0 Å². The molecular formula is C21H24N4O3. The minimum atomic E-state index is 0.324. The maximum atomic E-state index is 5.45. The smallest absolute Gasteiger partial charge is 0.259 e. The summed E-state index contributed by atoms with van der Waals surface area (Å²) >= 11 is 0. The van der Waals surface area contributed by atoms with Crippen molar-refractivity contribution in [2.24, 2.45) is 0 Å². The molecular weight excluding hydrogens is 356 g/mol. The lowest BCUT2D eigenvalue weighted by molar-refractivity contribution is 0.0198. The summed E-state index contributed by atoms with van der Waals surface area (Å²) in [5.74, 6) is 0.965. The van der Waals surface area contributed by atoms with Crippen molar-refractivity contribution < 1.29 is 14.0 Å². The van der Waals surface area contributed by atoms with Gasteiger partial charge in [-0.3, -0.25) is 9.88 Å². The van der Waals surface area contributed by atoms with Crippen molar-refractivity contribution in [2.45, 2.75) is 19.6 Å². The topological polar surface area (TPSA) is 73.5 Å². The lowest BCUT2D eigenvalue weighted by Crippen LogP contribution is -2.37. The third-order valence-corrected chi connectivity index (χ3v) is 5.03. The van der Waals surface area contributed by atoms with Gasteiger partial charge in [0, 0.05) is 38.0 Å². The molecule has 7 nitrogen and oxygen atoms in total. The van der Waals surface area contributed by atoms with Gasteiger partial charge in [-0.15, -0.1) is 0 Å². The van der Waals surface area contributed by atoms with Gasteiger partial charge in [0.25, 0.3) is 5.89 Å². The fraction of sp³-hybridized carbons (Fsp3) is 0.381. The third kappa shape index (κ3) is 4.11. The lowest BCUT2D eigenvalue weighted by atomic mass is 10.0. The van der Waals surface area contributed by atoms with Gasteiger partial charge in [0.2, 0.25) is 0 Å². The van der Waals surface area contributed by atoms with Crippen molar-refractivity contribution in [2.75, 3.05) is 33.4 Å². The van der Waals surface area contributed by atoms with Gasteiger partial charge in [0.15, 0.2) is 5.82 Å². The van der Waals surface area contributed by atoms with Crippen LogP contribution < -0.4 is 0 Å². The molecule has 28 heavy (non-hydrogen) atoms. The summed E-state index contributed by atoms with van der Waals surface area (Å²) in [5, 5.41) is 3.88. The maximum absolute atomic E-state index is 5.45. The zero-order valence-electron chi connectivity index (χ0n) is 16.2. The Labute approximate surface area is 164 Å². The summed E-state index contributed by atoms with van der Waals surface area (Å²) in [5.41, 5.74) is 4.08. The quantitative estimate of drug-likeness (QED) is 0.649. The number of methoxy groups -OCH3 is 1. The van der Waals surface area contributed by atoms with E-state index in [0.29, 0.717) is 24.4 Å². The van der Waals surface area contributed by atoms with E-state index >= 15 is 0 Å². The van der Waals surface area contributed by atoms with Crippen LogP contribution in [0.5, 0.6) is 0 Å². The molecule has 0 radical (unpaired) electrons. The highest BCUT2D eigenvalue weighted by Gasteiger charge is 2.18. The first kappa shape index (κ1) is 18.7. The van der Waals surface area contributed by atoms with E-state index in [-0.39, 0.29) is 0 Å². The van der Waals surface area contributed by atoms with E-state index in [2.05, 4.69) is 51.2 Å². The summed E-state index contributed by atoms with van der Waals surface area (Å²) in [7, 11) is 1.60. The summed E-state index contributed by atoms with van der Waals surface area (Å²) in [6.07, 6.45) is 1.75. The van der Waals surface area contributed by atoms with Crippen molar-refractivity contribution in [3.63, 3.8) is 0 Å². The fourth-order valence-electron chi connectivity index (χ4n) is 3.36. The first-order valence-electron chi connectivity index (χ1n) is 9.44. The Morgan fingerprint density at radius 2 is 1.82 bits per heavy atom. The number of pyridine rings is 1. The molecule has 0 saturated carbocycles. The SMILES string of the molecule is COCc1noc(-c2ccc(-c3ccc([C@@H](C)N4CCOCC4)cc3)nc2)n1. The van der Waals surface area contributed by atoms with Crippen LogP contribution in [-0.4, -0.2) is 53.4 Å². The van der Waals surface area contributed by atoms with Crippen LogP contribution in [0.4, 0.5) is 0 Å². The average Bonchev–Trinajstić information content (AvgIpc) is 3.23. The van der Waals surface area contributed by atoms with E-state index in [1.54, 1.807) is 13.3 Å². The van der Waals surface area contributed by atoms with Crippen LogP contribution in [-0.2, 0) is 16.1 Å². The molecule has 2 aromatic heterocycles. The average molecular weight is 380 g/mol.